The van der Waals surface area contributed by atoms with Gasteiger partial charge in [0.05, 0.1) is 17.1 Å². The summed E-state index contributed by atoms with van der Waals surface area (Å²) in [5.74, 6) is -1.27. The summed E-state index contributed by atoms with van der Waals surface area (Å²) >= 11 is 6.28. The lowest BCUT2D eigenvalue weighted by atomic mass is 10.1. The maximum absolute atomic E-state index is 13.5. The maximum Gasteiger partial charge on any atom is 0.340 e. The standard InChI is InChI=1S/C9H7Br2FO2/c1-14-9(13)6-3-2-5(4-10)7(11)8(6)12/h2-3H,4H2,1H3. The topological polar surface area (TPSA) is 26.3 Å². The summed E-state index contributed by atoms with van der Waals surface area (Å²) in [4.78, 5) is 11.1. The predicted octanol–water partition coefficient (Wildman–Crippen LogP) is 3.27. The molecule has 0 radical (unpaired) electrons. The van der Waals surface area contributed by atoms with E-state index in [0.29, 0.717) is 5.33 Å². The number of carbonyl (C=O) groups is 1. The Morgan fingerprint density at radius 3 is 2.71 bits per heavy atom. The fourth-order valence-corrected chi connectivity index (χ4v) is 2.29. The first kappa shape index (κ1) is 11.7. The SMILES string of the molecule is COC(=O)c1ccc(CBr)c(Br)c1F. The van der Waals surface area contributed by atoms with Crippen molar-refractivity contribution in [3.8, 4) is 0 Å². The van der Waals surface area contributed by atoms with Crippen LogP contribution in [0.5, 0.6) is 0 Å². The van der Waals surface area contributed by atoms with Crippen molar-refractivity contribution in [3.05, 3.63) is 33.5 Å². The van der Waals surface area contributed by atoms with Crippen molar-refractivity contribution in [2.45, 2.75) is 5.33 Å². The molecule has 76 valence electrons. The second-order valence-corrected chi connectivity index (χ2v) is 3.88. The van der Waals surface area contributed by atoms with Crippen molar-refractivity contribution in [2.75, 3.05) is 7.11 Å². The highest BCUT2D eigenvalue weighted by Gasteiger charge is 2.16. The molecule has 0 N–H and O–H groups in total. The first-order chi connectivity index (χ1) is 6.61. The number of carbonyl (C=O) groups excluding carboxylic acids is 1. The molecule has 0 aliphatic carbocycles. The van der Waals surface area contributed by atoms with Crippen molar-refractivity contribution in [1.82, 2.24) is 0 Å². The van der Waals surface area contributed by atoms with Crippen LogP contribution >= 0.6 is 31.9 Å². The Bertz CT molecular complexity index is 366. The van der Waals surface area contributed by atoms with Crippen LogP contribution in [0.2, 0.25) is 0 Å². The molecule has 0 saturated heterocycles. The van der Waals surface area contributed by atoms with Crippen LogP contribution in [0.1, 0.15) is 15.9 Å². The zero-order valence-corrected chi connectivity index (χ0v) is 10.5. The number of hydrogen-bond donors (Lipinski definition) is 0. The van der Waals surface area contributed by atoms with Gasteiger partial charge in [0.25, 0.3) is 0 Å². The summed E-state index contributed by atoms with van der Waals surface area (Å²) in [5, 5.41) is 0.520. The van der Waals surface area contributed by atoms with E-state index in [1.807, 2.05) is 0 Å². The van der Waals surface area contributed by atoms with Crippen molar-refractivity contribution in [3.63, 3.8) is 0 Å². The Balaban J connectivity index is 3.24. The smallest absolute Gasteiger partial charge is 0.340 e. The Morgan fingerprint density at radius 2 is 2.21 bits per heavy atom. The molecule has 0 bridgehead atoms. The van der Waals surface area contributed by atoms with Gasteiger partial charge in [0, 0.05) is 5.33 Å². The first-order valence-corrected chi connectivity index (χ1v) is 5.64. The Kier molecular flexibility index (Phi) is 4.07. The van der Waals surface area contributed by atoms with Gasteiger partial charge in [0.1, 0.15) is 0 Å². The van der Waals surface area contributed by atoms with Gasteiger partial charge in [-0.25, -0.2) is 9.18 Å². The molecule has 1 rings (SSSR count). The van der Waals surface area contributed by atoms with Gasteiger partial charge < -0.3 is 4.74 Å². The number of rotatable bonds is 2. The summed E-state index contributed by atoms with van der Waals surface area (Å²) in [7, 11) is 1.22. The van der Waals surface area contributed by atoms with Crippen LogP contribution in [0.25, 0.3) is 0 Å². The number of methoxy groups -OCH3 is 1. The third-order valence-electron chi connectivity index (χ3n) is 1.71. The normalized spacial score (nSPS) is 10.0. The van der Waals surface area contributed by atoms with Gasteiger partial charge in [-0.3, -0.25) is 0 Å². The third kappa shape index (κ3) is 2.15. The van der Waals surface area contributed by atoms with E-state index >= 15 is 0 Å². The van der Waals surface area contributed by atoms with E-state index < -0.39 is 11.8 Å². The molecular formula is C9H7Br2FO2. The van der Waals surface area contributed by atoms with Gasteiger partial charge in [-0.05, 0) is 27.6 Å². The lowest BCUT2D eigenvalue weighted by Gasteiger charge is -2.05. The van der Waals surface area contributed by atoms with Gasteiger partial charge in [0.2, 0.25) is 0 Å². The number of hydrogen-bond acceptors (Lipinski definition) is 2. The van der Waals surface area contributed by atoms with Crippen molar-refractivity contribution >= 4 is 37.8 Å². The van der Waals surface area contributed by atoms with Crippen molar-refractivity contribution in [1.29, 1.82) is 0 Å². The largest absolute Gasteiger partial charge is 0.465 e. The van der Waals surface area contributed by atoms with E-state index in [1.54, 1.807) is 6.07 Å². The molecule has 0 aliphatic rings. The highest BCUT2D eigenvalue weighted by molar-refractivity contribution is 9.10. The fraction of sp³-hybridized carbons (Fsp3) is 0.222. The molecule has 0 heterocycles. The first-order valence-electron chi connectivity index (χ1n) is 3.73. The van der Waals surface area contributed by atoms with E-state index in [2.05, 4.69) is 36.6 Å². The molecule has 0 fully saturated rings. The zero-order valence-electron chi connectivity index (χ0n) is 7.31. The molecule has 0 aromatic heterocycles. The van der Waals surface area contributed by atoms with Gasteiger partial charge in [-0.1, -0.05) is 22.0 Å². The summed E-state index contributed by atoms with van der Waals surface area (Å²) in [6.45, 7) is 0. The van der Waals surface area contributed by atoms with Crippen molar-refractivity contribution in [2.24, 2.45) is 0 Å². The Labute approximate surface area is 97.7 Å². The van der Waals surface area contributed by atoms with Crippen molar-refractivity contribution < 1.29 is 13.9 Å². The minimum Gasteiger partial charge on any atom is -0.465 e. The Morgan fingerprint density at radius 1 is 1.57 bits per heavy atom. The predicted molar refractivity (Wildman–Crippen MR) is 58.1 cm³/mol. The minimum atomic E-state index is -0.677. The van der Waals surface area contributed by atoms with Crippen LogP contribution in [-0.4, -0.2) is 13.1 Å². The van der Waals surface area contributed by atoms with Gasteiger partial charge in [-0.15, -0.1) is 0 Å². The zero-order chi connectivity index (χ0) is 10.7. The molecule has 2 nitrogen and oxygen atoms in total. The second kappa shape index (κ2) is 4.89. The molecule has 0 aliphatic heterocycles. The molecule has 1 aromatic carbocycles. The highest BCUT2D eigenvalue weighted by atomic mass is 79.9. The number of alkyl halides is 1. The number of ether oxygens (including phenoxy) is 1. The highest BCUT2D eigenvalue weighted by Crippen LogP contribution is 2.25. The molecule has 5 heteroatoms. The van der Waals surface area contributed by atoms with Crippen LogP contribution in [0.4, 0.5) is 4.39 Å². The molecule has 0 amide bonds. The lowest BCUT2D eigenvalue weighted by molar-refractivity contribution is 0.0595. The van der Waals surface area contributed by atoms with Crippen LogP contribution in [0, 0.1) is 5.82 Å². The summed E-state index contributed by atoms with van der Waals surface area (Å²) in [6.07, 6.45) is 0. The maximum atomic E-state index is 13.5. The quantitative estimate of drug-likeness (QED) is 0.616. The average Bonchev–Trinajstić information content (AvgIpc) is 2.21. The van der Waals surface area contributed by atoms with E-state index in [9.17, 15) is 9.18 Å². The van der Waals surface area contributed by atoms with Crippen LogP contribution in [-0.2, 0) is 10.1 Å². The molecule has 1 aromatic rings. The van der Waals surface area contributed by atoms with Crippen LogP contribution in [0.3, 0.4) is 0 Å². The van der Waals surface area contributed by atoms with Gasteiger partial charge >= 0.3 is 5.97 Å². The summed E-state index contributed by atoms with van der Waals surface area (Å²) < 4.78 is 18.2. The van der Waals surface area contributed by atoms with Crippen LogP contribution in [0.15, 0.2) is 16.6 Å². The molecule has 0 atom stereocenters. The minimum absolute atomic E-state index is 0.0657. The summed E-state index contributed by atoms with van der Waals surface area (Å²) in [5.41, 5.74) is 0.680. The fourth-order valence-electron chi connectivity index (χ4n) is 0.960. The molecule has 0 spiro atoms. The summed E-state index contributed by atoms with van der Waals surface area (Å²) in [6, 6.07) is 3.07. The molecule has 0 unspecified atom stereocenters. The second-order valence-electron chi connectivity index (χ2n) is 2.53. The molecular weight excluding hydrogens is 319 g/mol. The van der Waals surface area contributed by atoms with E-state index in [1.165, 1.54) is 13.2 Å². The lowest BCUT2D eigenvalue weighted by Crippen LogP contribution is -2.05. The number of esters is 1. The van der Waals surface area contributed by atoms with E-state index in [4.69, 9.17) is 0 Å². The molecule has 0 saturated carbocycles. The van der Waals surface area contributed by atoms with Gasteiger partial charge in [0.15, 0.2) is 5.82 Å². The third-order valence-corrected chi connectivity index (χ3v) is 3.17. The number of benzene rings is 1. The van der Waals surface area contributed by atoms with E-state index in [0.717, 1.165) is 5.56 Å². The number of halogens is 3. The molecule has 14 heavy (non-hydrogen) atoms. The Hall–Kier alpha value is -0.420. The van der Waals surface area contributed by atoms with Gasteiger partial charge in [-0.2, -0.15) is 0 Å². The van der Waals surface area contributed by atoms with E-state index in [-0.39, 0.29) is 10.0 Å². The monoisotopic (exact) mass is 324 g/mol. The average molecular weight is 326 g/mol. The van der Waals surface area contributed by atoms with Crippen LogP contribution < -0.4 is 0 Å².